The molecule has 1 atom stereocenters. The Morgan fingerprint density at radius 2 is 1.25 bits per heavy atom. The van der Waals surface area contributed by atoms with E-state index in [1.54, 1.807) is 0 Å². The van der Waals surface area contributed by atoms with E-state index in [0.29, 0.717) is 0 Å². The van der Waals surface area contributed by atoms with Gasteiger partial charge in [0.25, 0.3) is 0 Å². The van der Waals surface area contributed by atoms with E-state index < -0.39 is 43.0 Å². The molecular formula is C7H8K3O9P. The Hall–Kier alpha value is 3.47. The van der Waals surface area contributed by atoms with Crippen LogP contribution in [0.2, 0.25) is 0 Å². The Morgan fingerprint density at radius 3 is 1.30 bits per heavy atom. The number of hydrogen-bond donors (Lipinski definition) is 2. The van der Waals surface area contributed by atoms with Crippen LogP contribution in [0.5, 0.6) is 0 Å². The zero-order chi connectivity index (χ0) is 14.0. The van der Waals surface area contributed by atoms with Gasteiger partial charge in [0.05, 0.1) is 23.6 Å². The van der Waals surface area contributed by atoms with E-state index in [4.69, 9.17) is 9.79 Å². The third kappa shape index (κ3) is 7.15. The third-order valence-electron chi connectivity index (χ3n) is 2.26. The molecule has 0 aliphatic carbocycles. The standard InChI is InChI=1S/C7H11O9P.3K/c1-2-3(17(14,15)16)7(4(8)9,5(10)11)6(12)13;;;/h3H,2H2,1H3,(H,8,9)(H,10,11)(H,12,13)(H2,14,15,16);;;/q;3*+1/p-3. The fraction of sp³-hybridized carbons (Fsp3) is 0.571. The fourth-order valence-corrected chi connectivity index (χ4v) is 2.75. The molecule has 1 unspecified atom stereocenters. The minimum Gasteiger partial charge on any atom is -0.549 e. The Kier molecular flexibility index (Phi) is 20.0. The van der Waals surface area contributed by atoms with Crippen molar-refractivity contribution in [2.24, 2.45) is 5.41 Å². The Bertz CT molecular complexity index is 370. The summed E-state index contributed by atoms with van der Waals surface area (Å²) in [4.78, 5) is 49.6. The van der Waals surface area contributed by atoms with Crippen LogP contribution < -0.4 is 169 Å². The quantitative estimate of drug-likeness (QED) is 0.255. The fourth-order valence-electron chi connectivity index (χ4n) is 1.45. The second-order valence-corrected chi connectivity index (χ2v) is 4.99. The molecule has 0 saturated heterocycles. The van der Waals surface area contributed by atoms with Crippen LogP contribution in [0.25, 0.3) is 0 Å². The molecule has 2 N–H and O–H groups in total. The van der Waals surface area contributed by atoms with E-state index in [-0.39, 0.29) is 154 Å². The van der Waals surface area contributed by atoms with Gasteiger partial charge >= 0.3 is 162 Å². The van der Waals surface area contributed by atoms with Gasteiger partial charge < -0.3 is 39.5 Å². The predicted octanol–water partition coefficient (Wildman–Crippen LogP) is -13.8. The summed E-state index contributed by atoms with van der Waals surface area (Å²) in [6.45, 7) is 1.01. The van der Waals surface area contributed by atoms with Crippen molar-refractivity contribution in [3.63, 3.8) is 0 Å². The van der Waals surface area contributed by atoms with E-state index in [2.05, 4.69) is 0 Å². The van der Waals surface area contributed by atoms with Gasteiger partial charge in [-0.05, 0) is 6.42 Å². The van der Waals surface area contributed by atoms with Crippen molar-refractivity contribution in [2.45, 2.75) is 19.0 Å². The molecule has 0 bridgehead atoms. The molecule has 0 amide bonds. The minimum atomic E-state index is -5.32. The molecule has 0 rings (SSSR count). The Morgan fingerprint density at radius 1 is 1.00 bits per heavy atom. The first kappa shape index (κ1) is 31.3. The van der Waals surface area contributed by atoms with Gasteiger partial charge in [0.15, 0.2) is 0 Å². The molecule has 0 aliphatic heterocycles. The topological polar surface area (TPSA) is 178 Å². The van der Waals surface area contributed by atoms with E-state index in [1.807, 2.05) is 0 Å². The molecular weight excluding hydrogens is 376 g/mol. The van der Waals surface area contributed by atoms with Crippen molar-refractivity contribution in [3.05, 3.63) is 0 Å². The number of hydrogen-bond acceptors (Lipinski definition) is 7. The van der Waals surface area contributed by atoms with Crippen LogP contribution in [0.4, 0.5) is 0 Å². The largest absolute Gasteiger partial charge is 1.00 e. The van der Waals surface area contributed by atoms with Crippen molar-refractivity contribution < 1.29 is 198 Å². The summed E-state index contributed by atoms with van der Waals surface area (Å²) in [7, 11) is -5.32. The van der Waals surface area contributed by atoms with Gasteiger partial charge in [0.2, 0.25) is 0 Å². The van der Waals surface area contributed by atoms with E-state index in [9.17, 15) is 34.3 Å². The molecule has 0 aromatic heterocycles. The molecule has 0 aromatic carbocycles. The molecule has 0 heterocycles. The molecule has 0 aromatic rings. The van der Waals surface area contributed by atoms with E-state index in [0.717, 1.165) is 6.92 Å². The van der Waals surface area contributed by atoms with Gasteiger partial charge in [-0.1, -0.05) is 6.92 Å². The predicted molar refractivity (Wildman–Crippen MR) is 43.6 cm³/mol. The molecule has 13 heteroatoms. The average molecular weight is 384 g/mol. The maximum Gasteiger partial charge on any atom is 1.00 e. The number of aliphatic carboxylic acids is 3. The van der Waals surface area contributed by atoms with E-state index in [1.165, 1.54) is 0 Å². The average Bonchev–Trinajstić information content (AvgIpc) is 2.09. The second-order valence-electron chi connectivity index (χ2n) is 3.18. The monoisotopic (exact) mass is 384 g/mol. The van der Waals surface area contributed by atoms with Gasteiger partial charge in [-0.3, -0.25) is 4.57 Å². The maximum absolute atomic E-state index is 10.9. The van der Waals surface area contributed by atoms with Crippen molar-refractivity contribution in [1.82, 2.24) is 0 Å². The minimum absolute atomic E-state index is 0. The molecule has 0 fully saturated rings. The number of carboxylic acids is 3. The van der Waals surface area contributed by atoms with Crippen molar-refractivity contribution in [3.8, 4) is 0 Å². The number of carbonyl (C=O) groups excluding carboxylic acids is 3. The molecule has 0 radical (unpaired) electrons. The molecule has 9 nitrogen and oxygen atoms in total. The summed E-state index contributed by atoms with van der Waals surface area (Å²) in [5.74, 6) is -8.10. The van der Waals surface area contributed by atoms with Gasteiger partial charge in [0, 0.05) is 0 Å². The van der Waals surface area contributed by atoms with Crippen LogP contribution in [0.15, 0.2) is 0 Å². The summed E-state index contributed by atoms with van der Waals surface area (Å²) in [5.41, 5.74) is -6.43. The molecule has 20 heavy (non-hydrogen) atoms. The van der Waals surface area contributed by atoms with Gasteiger partial charge in [-0.25, -0.2) is 0 Å². The first-order chi connectivity index (χ1) is 7.52. The van der Waals surface area contributed by atoms with Crippen LogP contribution in [0, 0.1) is 5.41 Å². The molecule has 0 aliphatic rings. The summed E-state index contributed by atoms with van der Waals surface area (Å²) in [6.07, 6.45) is -0.736. The van der Waals surface area contributed by atoms with Crippen LogP contribution in [-0.2, 0) is 18.9 Å². The maximum atomic E-state index is 10.9. The SMILES string of the molecule is CCC(C(C(=O)[O-])(C(=O)[O-])C(=O)[O-])P(=O)(O)O.[K+].[K+].[K+]. The van der Waals surface area contributed by atoms with Crippen molar-refractivity contribution in [2.75, 3.05) is 0 Å². The van der Waals surface area contributed by atoms with E-state index >= 15 is 0 Å². The molecule has 0 spiro atoms. The number of carboxylic acid groups (broad SMARTS) is 3. The Labute approximate surface area is 242 Å². The number of carbonyl (C=O) groups is 3. The first-order valence-electron chi connectivity index (χ1n) is 4.22. The summed E-state index contributed by atoms with van der Waals surface area (Å²) in [6, 6.07) is 0. The van der Waals surface area contributed by atoms with Crippen molar-refractivity contribution >= 4 is 25.5 Å². The van der Waals surface area contributed by atoms with Gasteiger partial charge in [0.1, 0.15) is 5.41 Å². The van der Waals surface area contributed by atoms with Crippen LogP contribution >= 0.6 is 7.60 Å². The summed E-state index contributed by atoms with van der Waals surface area (Å²) < 4.78 is 10.9. The van der Waals surface area contributed by atoms with Crippen molar-refractivity contribution in [1.29, 1.82) is 0 Å². The normalized spacial score (nSPS) is 11.9. The Balaban J connectivity index is -0.000000427. The molecule has 0 saturated carbocycles. The van der Waals surface area contributed by atoms with Gasteiger partial charge in [-0.15, -0.1) is 0 Å². The van der Waals surface area contributed by atoms with Crippen LogP contribution in [0.1, 0.15) is 13.3 Å². The summed E-state index contributed by atoms with van der Waals surface area (Å²) >= 11 is 0. The zero-order valence-electron chi connectivity index (χ0n) is 11.5. The summed E-state index contributed by atoms with van der Waals surface area (Å²) in [5, 5.41) is 32.0. The smallest absolute Gasteiger partial charge is 0.549 e. The van der Waals surface area contributed by atoms with Crippen LogP contribution in [0.3, 0.4) is 0 Å². The third-order valence-corrected chi connectivity index (χ3v) is 3.82. The second kappa shape index (κ2) is 12.8. The zero-order valence-corrected chi connectivity index (χ0v) is 21.7. The first-order valence-corrected chi connectivity index (χ1v) is 5.90. The molecule has 98 valence electrons. The number of rotatable bonds is 6. The van der Waals surface area contributed by atoms with Crippen LogP contribution in [-0.4, -0.2) is 33.4 Å². The van der Waals surface area contributed by atoms with Gasteiger partial charge in [-0.2, -0.15) is 0 Å².